The van der Waals surface area contributed by atoms with Crippen LogP contribution in [0.1, 0.15) is 57.2 Å². The van der Waals surface area contributed by atoms with Gasteiger partial charge in [-0.3, -0.25) is 19.6 Å². The van der Waals surface area contributed by atoms with Crippen LogP contribution in [0.5, 0.6) is 11.5 Å². The van der Waals surface area contributed by atoms with Gasteiger partial charge in [0.15, 0.2) is 17.3 Å². The number of methoxy groups -OCH3 is 3. The van der Waals surface area contributed by atoms with Crippen LogP contribution in [0.2, 0.25) is 0 Å². The van der Waals surface area contributed by atoms with Crippen molar-refractivity contribution in [3.8, 4) is 56.9 Å². The highest BCUT2D eigenvalue weighted by Gasteiger charge is 2.19. The summed E-state index contributed by atoms with van der Waals surface area (Å²) in [7, 11) is 4.92. The van der Waals surface area contributed by atoms with E-state index in [1.807, 2.05) is 60.7 Å². The number of allylic oxidation sites excluding steroid dienone is 3. The van der Waals surface area contributed by atoms with Crippen molar-refractivity contribution in [1.29, 1.82) is 0 Å². The lowest BCUT2D eigenvalue weighted by molar-refractivity contribution is 0.0917. The summed E-state index contributed by atoms with van der Waals surface area (Å²) in [6, 6.07) is 34.7. The Bertz CT molecular complexity index is 3000. The molecule has 13 heteroatoms. The first-order valence-electron chi connectivity index (χ1n) is 21.2. The number of benzene rings is 4. The van der Waals surface area contributed by atoms with Gasteiger partial charge in [0.25, 0.3) is 0 Å². The van der Waals surface area contributed by atoms with E-state index >= 15 is 0 Å². The zero-order valence-corrected chi connectivity index (χ0v) is 40.4. The van der Waals surface area contributed by atoms with Crippen LogP contribution in [0, 0.1) is 6.92 Å². The van der Waals surface area contributed by atoms with Crippen LogP contribution in [-0.4, -0.2) is 52.8 Å². The highest BCUT2D eigenvalue weighted by molar-refractivity contribution is 9.10. The van der Waals surface area contributed by atoms with Gasteiger partial charge in [-0.25, -0.2) is 9.97 Å². The standard InChI is InChI=1S/C23H19NO2.C16H14BrNO3.C15H13BrN2O2/c1-16-10-12-17(13-11-16)22-15-24-23(26-22)21-9-4-3-8-20(21)18-6-5-7-19(14-18)25-2;1-21-12-4-2-11(3-5-12)15(19)6-7-16(20)13-8-9-18-10-14(13)17;1-19-11-4-2-10(3-5-11)14-9-18-15(20-14)12-6-7-17-8-13(12)16/h3-15H,1-2H3;2-5,8-10H,6-7H2,1H3;2,4-10H,3H2,1H3. The topological polar surface area (TPSA) is 140 Å². The van der Waals surface area contributed by atoms with Crippen molar-refractivity contribution in [2.24, 2.45) is 0 Å². The van der Waals surface area contributed by atoms with Crippen molar-refractivity contribution in [3.05, 3.63) is 202 Å². The van der Waals surface area contributed by atoms with E-state index in [4.69, 9.17) is 23.0 Å². The fraction of sp³-hybridized carbons (Fsp3) is 0.148. The third kappa shape index (κ3) is 12.6. The third-order valence-corrected chi connectivity index (χ3v) is 11.9. The molecule has 8 aromatic rings. The van der Waals surface area contributed by atoms with Gasteiger partial charge < -0.3 is 23.0 Å². The van der Waals surface area contributed by atoms with Crippen LogP contribution in [-0.2, 0) is 4.74 Å². The number of aryl methyl sites for hydroxylation is 1. The van der Waals surface area contributed by atoms with Gasteiger partial charge in [0.1, 0.15) is 23.0 Å². The molecular formula is C54H46Br2N4O7. The van der Waals surface area contributed by atoms with Gasteiger partial charge in [0.2, 0.25) is 11.8 Å². The number of ether oxygens (including phenoxy) is 3. The number of ketones is 2. The summed E-state index contributed by atoms with van der Waals surface area (Å²) in [6.45, 7) is 2.07. The summed E-state index contributed by atoms with van der Waals surface area (Å²) < 4.78 is 29.0. The van der Waals surface area contributed by atoms with Crippen LogP contribution in [0.25, 0.3) is 45.4 Å². The number of hydrogen-bond donors (Lipinski definition) is 0. The van der Waals surface area contributed by atoms with Gasteiger partial charge in [-0.2, -0.15) is 0 Å². The Morgan fingerprint density at radius 1 is 0.642 bits per heavy atom. The fourth-order valence-corrected chi connectivity index (χ4v) is 7.83. The minimum absolute atomic E-state index is 0.0591. The van der Waals surface area contributed by atoms with E-state index in [0.717, 1.165) is 61.7 Å². The molecule has 0 N–H and O–H groups in total. The summed E-state index contributed by atoms with van der Waals surface area (Å²) in [5, 5.41) is 0. The van der Waals surface area contributed by atoms with Gasteiger partial charge >= 0.3 is 0 Å². The van der Waals surface area contributed by atoms with Crippen molar-refractivity contribution in [1.82, 2.24) is 19.9 Å². The molecule has 0 aliphatic heterocycles. The number of Topliss-reactive ketones (excluding diaryl/α,β-unsaturated/α-hetero) is 2. The average Bonchev–Trinajstić information content (AvgIpc) is 4.08. The Hall–Kier alpha value is -7.22. The summed E-state index contributed by atoms with van der Waals surface area (Å²) >= 11 is 6.74. The Kier molecular flexibility index (Phi) is 16.6. The molecule has 1 unspecified atom stereocenters. The highest BCUT2D eigenvalue weighted by atomic mass is 79.9. The molecule has 4 aromatic carbocycles. The molecule has 0 fully saturated rings. The van der Waals surface area contributed by atoms with Crippen molar-refractivity contribution in [2.45, 2.75) is 32.1 Å². The number of aromatic nitrogens is 4. The summed E-state index contributed by atoms with van der Waals surface area (Å²) in [6.07, 6.45) is 17.4. The number of carbonyl (C=O) groups excluding carboxylic acids is 2. The highest BCUT2D eigenvalue weighted by Crippen LogP contribution is 2.36. The quantitative estimate of drug-likeness (QED) is 0.102. The van der Waals surface area contributed by atoms with Crippen LogP contribution < -0.4 is 9.47 Å². The van der Waals surface area contributed by atoms with Crippen LogP contribution in [0.15, 0.2) is 188 Å². The van der Waals surface area contributed by atoms with E-state index < -0.39 is 0 Å². The van der Waals surface area contributed by atoms with Crippen molar-refractivity contribution in [3.63, 3.8) is 0 Å². The first-order chi connectivity index (χ1) is 32.6. The molecule has 0 saturated heterocycles. The first kappa shape index (κ1) is 47.7. The van der Waals surface area contributed by atoms with Crippen molar-refractivity contribution < 1.29 is 32.6 Å². The summed E-state index contributed by atoms with van der Waals surface area (Å²) in [5.41, 5.74) is 7.35. The Balaban J connectivity index is 0.000000151. The van der Waals surface area contributed by atoms with Crippen molar-refractivity contribution in [2.75, 3.05) is 21.3 Å². The lowest BCUT2D eigenvalue weighted by Crippen LogP contribution is -2.06. The second kappa shape index (κ2) is 23.3. The zero-order valence-electron chi connectivity index (χ0n) is 37.2. The van der Waals surface area contributed by atoms with E-state index in [0.29, 0.717) is 33.1 Å². The van der Waals surface area contributed by atoms with Gasteiger partial charge in [-0.15, -0.1) is 0 Å². The maximum Gasteiger partial charge on any atom is 0.227 e. The number of oxazole rings is 2. The number of hydrogen-bond acceptors (Lipinski definition) is 11. The summed E-state index contributed by atoms with van der Waals surface area (Å²) in [5.74, 6) is 5.30. The molecule has 338 valence electrons. The molecule has 0 radical (unpaired) electrons. The van der Waals surface area contributed by atoms with Crippen LogP contribution >= 0.6 is 31.9 Å². The molecule has 0 bridgehead atoms. The minimum atomic E-state index is -0.0777. The molecule has 9 rings (SSSR count). The van der Waals surface area contributed by atoms with E-state index in [-0.39, 0.29) is 30.3 Å². The number of carbonyl (C=O) groups is 2. The Labute approximate surface area is 405 Å². The molecule has 1 aliphatic rings. The normalized spacial score (nSPS) is 12.7. The minimum Gasteiger partial charge on any atom is -0.497 e. The van der Waals surface area contributed by atoms with Gasteiger partial charge in [0, 0.05) is 74.7 Å². The molecule has 11 nitrogen and oxygen atoms in total. The maximum atomic E-state index is 12.1. The average molecular weight is 1020 g/mol. The molecule has 4 aromatic heterocycles. The molecule has 4 heterocycles. The summed E-state index contributed by atoms with van der Waals surface area (Å²) in [4.78, 5) is 40.9. The number of halogens is 2. The number of rotatable bonds is 13. The molecule has 67 heavy (non-hydrogen) atoms. The predicted octanol–water partition coefficient (Wildman–Crippen LogP) is 13.8. The smallest absolute Gasteiger partial charge is 0.227 e. The van der Waals surface area contributed by atoms with E-state index in [2.05, 4.69) is 95.1 Å². The lowest BCUT2D eigenvalue weighted by atomic mass is 9.98. The third-order valence-electron chi connectivity index (χ3n) is 10.6. The van der Waals surface area contributed by atoms with Crippen LogP contribution in [0.4, 0.5) is 0 Å². The first-order valence-corrected chi connectivity index (χ1v) is 22.8. The molecule has 1 atom stereocenters. The monoisotopic (exact) mass is 1020 g/mol. The SMILES string of the molecule is COC1=CCC(c2cnc(-c3ccncc3Br)o2)C=C1.COc1ccc(C(=O)CCC(=O)c2ccncc2Br)cc1.COc1cccc(-c2ccccc2-c2ncc(-c3ccc(C)cc3)o2)c1. The fourth-order valence-electron chi connectivity index (χ4n) is 6.94. The van der Waals surface area contributed by atoms with E-state index in [9.17, 15) is 9.59 Å². The van der Waals surface area contributed by atoms with Crippen molar-refractivity contribution >= 4 is 43.4 Å². The number of pyridine rings is 2. The van der Waals surface area contributed by atoms with Gasteiger partial charge in [-0.05, 0) is 123 Å². The molecule has 0 spiro atoms. The second-order valence-corrected chi connectivity index (χ2v) is 16.7. The predicted molar refractivity (Wildman–Crippen MR) is 266 cm³/mol. The Morgan fingerprint density at radius 2 is 1.33 bits per heavy atom. The number of nitrogens with zero attached hydrogens (tertiary/aromatic N) is 4. The lowest BCUT2D eigenvalue weighted by Gasteiger charge is -2.12. The van der Waals surface area contributed by atoms with E-state index in [1.54, 1.807) is 88.8 Å². The van der Waals surface area contributed by atoms with Gasteiger partial charge in [0.05, 0.1) is 39.3 Å². The largest absolute Gasteiger partial charge is 0.497 e. The second-order valence-electron chi connectivity index (χ2n) is 15.0. The van der Waals surface area contributed by atoms with Gasteiger partial charge in [-0.1, -0.05) is 66.2 Å². The molecule has 1 aliphatic carbocycles. The maximum absolute atomic E-state index is 12.1. The molecule has 0 amide bonds. The Morgan fingerprint density at radius 3 is 2.01 bits per heavy atom. The van der Waals surface area contributed by atoms with E-state index in [1.165, 1.54) is 5.56 Å². The molecular weight excluding hydrogens is 976 g/mol. The zero-order chi connectivity index (χ0) is 47.1. The molecule has 0 saturated carbocycles. The van der Waals surface area contributed by atoms with Crippen LogP contribution in [0.3, 0.4) is 0 Å².